The summed E-state index contributed by atoms with van der Waals surface area (Å²) in [5.41, 5.74) is 0. The molecule has 0 spiro atoms. The van der Waals surface area contributed by atoms with Gasteiger partial charge in [0.25, 0.3) is 5.91 Å². The summed E-state index contributed by atoms with van der Waals surface area (Å²) < 4.78 is 11.6. The maximum absolute atomic E-state index is 11.9. The van der Waals surface area contributed by atoms with Crippen molar-refractivity contribution in [1.82, 2.24) is 4.90 Å². The molecule has 1 aromatic rings. The maximum atomic E-state index is 11.9. The Morgan fingerprint density at radius 2 is 1.95 bits per heavy atom. The number of halogens is 2. The minimum atomic E-state index is -0.481. The molecular weight excluding hydrogens is 414 g/mol. The van der Waals surface area contributed by atoms with Crippen LogP contribution in [0.25, 0.3) is 0 Å². The zero-order valence-corrected chi connectivity index (χ0v) is 14.8. The summed E-state index contributed by atoms with van der Waals surface area (Å²) in [5.74, 6) is -0.196. The molecule has 0 atom stereocenters. The molecule has 110 valence electrons. The van der Waals surface area contributed by atoms with Gasteiger partial charge in [0.1, 0.15) is 0 Å². The first-order valence-corrected chi connectivity index (χ1v) is 8.41. The second-order valence-corrected chi connectivity index (χ2v) is 7.35. The second-order valence-electron chi connectivity index (χ2n) is 4.22. The molecule has 0 aliphatic carbocycles. The summed E-state index contributed by atoms with van der Waals surface area (Å²) in [6, 6.07) is 0. The Balaban J connectivity index is 2.08. The number of methoxy groups -OCH3 is 1. The van der Waals surface area contributed by atoms with E-state index in [1.807, 2.05) is 0 Å². The van der Waals surface area contributed by atoms with Crippen molar-refractivity contribution in [1.29, 1.82) is 0 Å². The highest BCUT2D eigenvalue weighted by atomic mass is 79.9. The van der Waals surface area contributed by atoms with E-state index >= 15 is 0 Å². The molecule has 2 rings (SSSR count). The van der Waals surface area contributed by atoms with Crippen LogP contribution in [0.5, 0.6) is 5.75 Å². The normalized spacial score (nSPS) is 14.4. The minimum Gasteiger partial charge on any atom is -0.481 e. The fraction of sp³-hybridized carbons (Fsp3) is 0.500. The highest BCUT2D eigenvalue weighted by molar-refractivity contribution is 9.13. The molecule has 1 amide bonds. The minimum absolute atomic E-state index is 0.0625. The summed E-state index contributed by atoms with van der Waals surface area (Å²) in [5, 5.41) is 0. The van der Waals surface area contributed by atoms with Gasteiger partial charge < -0.3 is 14.4 Å². The molecule has 0 radical (unpaired) electrons. The molecule has 1 aliphatic rings. The van der Waals surface area contributed by atoms with Gasteiger partial charge in [-0.1, -0.05) is 0 Å². The SMILES string of the molecule is COC(=O)c1sc(Br)c(Br)c1OCC(=O)N1CCCC1. The predicted molar refractivity (Wildman–Crippen MR) is 82.4 cm³/mol. The average molecular weight is 427 g/mol. The van der Waals surface area contributed by atoms with Crippen LogP contribution in [0.4, 0.5) is 0 Å². The number of rotatable bonds is 4. The van der Waals surface area contributed by atoms with Gasteiger partial charge in [-0.05, 0) is 44.7 Å². The van der Waals surface area contributed by atoms with E-state index < -0.39 is 5.97 Å². The van der Waals surface area contributed by atoms with Gasteiger partial charge in [-0.15, -0.1) is 11.3 Å². The molecule has 2 heterocycles. The summed E-state index contributed by atoms with van der Waals surface area (Å²) in [6.45, 7) is 1.48. The van der Waals surface area contributed by atoms with Gasteiger partial charge in [0.05, 0.1) is 15.4 Å². The largest absolute Gasteiger partial charge is 0.481 e. The van der Waals surface area contributed by atoms with Crippen LogP contribution in [0.3, 0.4) is 0 Å². The first-order chi connectivity index (χ1) is 9.54. The first kappa shape index (κ1) is 15.8. The number of ether oxygens (including phenoxy) is 2. The van der Waals surface area contributed by atoms with Crippen LogP contribution in [-0.2, 0) is 9.53 Å². The van der Waals surface area contributed by atoms with Gasteiger partial charge in [0.15, 0.2) is 17.2 Å². The third-order valence-corrected chi connectivity index (χ3v) is 6.31. The Bertz CT molecular complexity index is 526. The Morgan fingerprint density at radius 3 is 2.55 bits per heavy atom. The number of hydrogen-bond acceptors (Lipinski definition) is 5. The second kappa shape index (κ2) is 6.91. The predicted octanol–water partition coefficient (Wildman–Crippen LogP) is 3.06. The maximum Gasteiger partial charge on any atom is 0.351 e. The van der Waals surface area contributed by atoms with E-state index in [9.17, 15) is 9.59 Å². The molecule has 1 saturated heterocycles. The highest BCUT2D eigenvalue weighted by Crippen LogP contribution is 2.43. The Kier molecular flexibility index (Phi) is 5.45. The van der Waals surface area contributed by atoms with Gasteiger partial charge in [0.2, 0.25) is 0 Å². The van der Waals surface area contributed by atoms with Crippen LogP contribution in [0.15, 0.2) is 8.26 Å². The molecule has 8 heteroatoms. The van der Waals surface area contributed by atoms with Crippen LogP contribution in [0.2, 0.25) is 0 Å². The van der Waals surface area contributed by atoms with Crippen molar-refractivity contribution < 1.29 is 19.1 Å². The monoisotopic (exact) mass is 425 g/mol. The van der Waals surface area contributed by atoms with Gasteiger partial charge in [-0.25, -0.2) is 4.79 Å². The number of thiophene rings is 1. The number of nitrogens with zero attached hydrogens (tertiary/aromatic N) is 1. The average Bonchev–Trinajstić information content (AvgIpc) is 3.06. The van der Waals surface area contributed by atoms with E-state index in [2.05, 4.69) is 31.9 Å². The molecule has 20 heavy (non-hydrogen) atoms. The Hall–Kier alpha value is -0.600. The molecule has 1 fully saturated rings. The van der Waals surface area contributed by atoms with Crippen LogP contribution in [0.1, 0.15) is 22.5 Å². The lowest BCUT2D eigenvalue weighted by molar-refractivity contribution is -0.132. The summed E-state index contributed by atoms with van der Waals surface area (Å²) >= 11 is 7.87. The molecule has 5 nitrogen and oxygen atoms in total. The molecule has 0 unspecified atom stereocenters. The lowest BCUT2D eigenvalue weighted by atomic mass is 10.4. The number of hydrogen-bond donors (Lipinski definition) is 0. The fourth-order valence-corrected chi connectivity index (χ4v) is 4.05. The summed E-state index contributed by atoms with van der Waals surface area (Å²) in [6.07, 6.45) is 2.07. The number of carbonyl (C=O) groups is 2. The molecule has 1 aromatic heterocycles. The zero-order valence-electron chi connectivity index (χ0n) is 10.8. The third kappa shape index (κ3) is 3.35. The number of amides is 1. The van der Waals surface area contributed by atoms with E-state index in [1.165, 1.54) is 18.4 Å². The number of esters is 1. The van der Waals surface area contributed by atoms with E-state index in [4.69, 9.17) is 9.47 Å². The Morgan fingerprint density at radius 1 is 1.30 bits per heavy atom. The van der Waals surface area contributed by atoms with Gasteiger partial charge in [-0.3, -0.25) is 4.79 Å². The third-order valence-electron chi connectivity index (χ3n) is 2.94. The van der Waals surface area contributed by atoms with Crippen molar-refractivity contribution in [2.75, 3.05) is 26.8 Å². The van der Waals surface area contributed by atoms with E-state index in [-0.39, 0.29) is 12.5 Å². The lowest BCUT2D eigenvalue weighted by Gasteiger charge is -2.15. The van der Waals surface area contributed by atoms with Crippen molar-refractivity contribution in [3.05, 3.63) is 13.1 Å². The van der Waals surface area contributed by atoms with Crippen molar-refractivity contribution in [2.24, 2.45) is 0 Å². The van der Waals surface area contributed by atoms with Crippen molar-refractivity contribution in [3.8, 4) is 5.75 Å². The smallest absolute Gasteiger partial charge is 0.351 e. The van der Waals surface area contributed by atoms with Crippen LogP contribution in [-0.4, -0.2) is 43.6 Å². The summed E-state index contributed by atoms with van der Waals surface area (Å²) in [7, 11) is 1.31. The van der Waals surface area contributed by atoms with Crippen LogP contribution in [0, 0.1) is 0 Å². The number of likely N-dealkylation sites (tertiary alicyclic amines) is 1. The lowest BCUT2D eigenvalue weighted by Crippen LogP contribution is -2.32. The first-order valence-electron chi connectivity index (χ1n) is 6.01. The van der Waals surface area contributed by atoms with E-state index in [0.29, 0.717) is 15.1 Å². The highest BCUT2D eigenvalue weighted by Gasteiger charge is 2.25. The van der Waals surface area contributed by atoms with Gasteiger partial charge in [-0.2, -0.15) is 0 Å². The van der Waals surface area contributed by atoms with Gasteiger partial charge >= 0.3 is 5.97 Å². The van der Waals surface area contributed by atoms with Crippen LogP contribution < -0.4 is 4.74 Å². The summed E-state index contributed by atoms with van der Waals surface area (Å²) in [4.78, 5) is 25.7. The van der Waals surface area contributed by atoms with Gasteiger partial charge in [0, 0.05) is 13.1 Å². The molecule has 0 N–H and O–H groups in total. The van der Waals surface area contributed by atoms with Crippen molar-refractivity contribution in [2.45, 2.75) is 12.8 Å². The fourth-order valence-electron chi connectivity index (χ4n) is 1.92. The number of carbonyl (C=O) groups excluding carboxylic acids is 2. The topological polar surface area (TPSA) is 55.8 Å². The Labute approximate surface area is 137 Å². The zero-order chi connectivity index (χ0) is 14.7. The standard InChI is InChI=1S/C12H13Br2NO4S/c1-18-12(17)10-9(8(13)11(14)20-10)19-6-7(16)15-4-2-3-5-15/h2-6H2,1H3. The molecule has 0 aromatic carbocycles. The van der Waals surface area contributed by atoms with E-state index in [1.54, 1.807) is 4.90 Å². The molecular formula is C12H13Br2NO4S. The van der Waals surface area contributed by atoms with Crippen LogP contribution >= 0.6 is 43.2 Å². The van der Waals surface area contributed by atoms with E-state index in [0.717, 1.165) is 29.7 Å². The molecule has 1 aliphatic heterocycles. The molecule has 0 bridgehead atoms. The van der Waals surface area contributed by atoms with Crippen molar-refractivity contribution in [3.63, 3.8) is 0 Å². The quantitative estimate of drug-likeness (QED) is 0.694. The van der Waals surface area contributed by atoms with Crippen molar-refractivity contribution >= 4 is 55.1 Å². The molecule has 0 saturated carbocycles.